The van der Waals surface area contributed by atoms with Gasteiger partial charge in [0.05, 0.1) is 18.9 Å². The van der Waals surface area contributed by atoms with E-state index >= 15 is 0 Å². The van der Waals surface area contributed by atoms with Crippen LogP contribution in [0.4, 0.5) is 11.4 Å². The van der Waals surface area contributed by atoms with Crippen molar-refractivity contribution >= 4 is 46.6 Å². The van der Waals surface area contributed by atoms with Crippen LogP contribution in [0.15, 0.2) is 48.0 Å². The molecule has 154 valence electrons. The third-order valence-corrected chi connectivity index (χ3v) is 5.58. The van der Waals surface area contributed by atoms with Gasteiger partial charge in [0.25, 0.3) is 11.8 Å². The van der Waals surface area contributed by atoms with Gasteiger partial charge in [0.15, 0.2) is 5.11 Å². The van der Waals surface area contributed by atoms with E-state index < -0.39 is 11.8 Å². The quantitative estimate of drug-likeness (QED) is 0.469. The Morgan fingerprint density at radius 1 is 1.03 bits per heavy atom. The van der Waals surface area contributed by atoms with Gasteiger partial charge in [0.2, 0.25) is 0 Å². The highest BCUT2D eigenvalue weighted by Crippen LogP contribution is 2.25. The van der Waals surface area contributed by atoms with Gasteiger partial charge in [-0.3, -0.25) is 19.8 Å². The third kappa shape index (κ3) is 3.99. The second-order valence-corrected chi connectivity index (χ2v) is 7.82. The summed E-state index contributed by atoms with van der Waals surface area (Å²) in [6, 6.07) is 13.5. The first-order chi connectivity index (χ1) is 14.4. The van der Waals surface area contributed by atoms with E-state index in [1.165, 1.54) is 4.90 Å². The van der Waals surface area contributed by atoms with Crippen LogP contribution in [-0.2, 0) is 14.3 Å². The Morgan fingerprint density at radius 2 is 1.80 bits per heavy atom. The molecule has 2 aromatic rings. The second kappa shape index (κ2) is 8.38. The highest BCUT2D eigenvalue weighted by Gasteiger charge is 2.34. The van der Waals surface area contributed by atoms with Crippen molar-refractivity contribution in [1.29, 1.82) is 0 Å². The first-order valence-corrected chi connectivity index (χ1v) is 10.3. The van der Waals surface area contributed by atoms with E-state index in [-0.39, 0.29) is 10.7 Å². The summed E-state index contributed by atoms with van der Waals surface area (Å²) in [5.74, 6) is -0.906. The number of nitrogens with zero attached hydrogens (tertiary/aromatic N) is 2. The molecule has 0 radical (unpaired) electrons. The molecular formula is C23H23N3O3S. The summed E-state index contributed by atoms with van der Waals surface area (Å²) in [5, 5.41) is 2.73. The predicted molar refractivity (Wildman–Crippen MR) is 122 cm³/mol. The zero-order chi connectivity index (χ0) is 21.3. The molecule has 1 N–H and O–H groups in total. The average molecular weight is 422 g/mol. The molecule has 2 saturated heterocycles. The van der Waals surface area contributed by atoms with E-state index in [0.717, 1.165) is 35.5 Å². The predicted octanol–water partition coefficient (Wildman–Crippen LogP) is 2.97. The van der Waals surface area contributed by atoms with Crippen molar-refractivity contribution in [2.75, 3.05) is 36.1 Å². The van der Waals surface area contributed by atoms with Gasteiger partial charge in [0, 0.05) is 18.8 Å². The number of hydrogen-bond acceptors (Lipinski definition) is 5. The Balaban J connectivity index is 1.65. The molecule has 0 aliphatic carbocycles. The minimum atomic E-state index is -0.481. The summed E-state index contributed by atoms with van der Waals surface area (Å²) in [7, 11) is 0. The van der Waals surface area contributed by atoms with Crippen molar-refractivity contribution in [2.45, 2.75) is 13.8 Å². The number of hydrogen-bond donors (Lipinski definition) is 1. The molecule has 6 nitrogen and oxygen atoms in total. The van der Waals surface area contributed by atoms with Crippen LogP contribution in [0.3, 0.4) is 0 Å². The molecule has 2 aliphatic heterocycles. The van der Waals surface area contributed by atoms with Gasteiger partial charge < -0.3 is 9.64 Å². The Bertz CT molecular complexity index is 1060. The number of amides is 2. The minimum Gasteiger partial charge on any atom is -0.378 e. The third-order valence-electron chi connectivity index (χ3n) is 5.29. The molecule has 2 heterocycles. The second-order valence-electron chi connectivity index (χ2n) is 7.44. The van der Waals surface area contributed by atoms with Crippen LogP contribution in [0.2, 0.25) is 0 Å². The van der Waals surface area contributed by atoms with E-state index in [4.69, 9.17) is 17.0 Å². The van der Waals surface area contributed by atoms with Crippen LogP contribution in [-0.4, -0.2) is 43.2 Å². The first kappa shape index (κ1) is 20.3. The smallest absolute Gasteiger partial charge is 0.270 e. The molecule has 2 amide bonds. The molecule has 0 spiro atoms. The molecule has 30 heavy (non-hydrogen) atoms. The zero-order valence-electron chi connectivity index (χ0n) is 17.0. The number of morpholine rings is 1. The summed E-state index contributed by atoms with van der Waals surface area (Å²) in [4.78, 5) is 29.4. The molecule has 0 aromatic heterocycles. The van der Waals surface area contributed by atoms with Crippen LogP contribution < -0.4 is 15.1 Å². The normalized spacial score (nSPS) is 18.7. The SMILES string of the molecule is Cc1cccc(N2C(=O)C(=Cc3ccc(N4CCOCC4)cc3C)C(=O)NC2=S)c1. The van der Waals surface area contributed by atoms with Crippen molar-refractivity contribution in [3.8, 4) is 0 Å². The fraction of sp³-hybridized carbons (Fsp3) is 0.261. The van der Waals surface area contributed by atoms with Crippen LogP contribution >= 0.6 is 12.2 Å². The topological polar surface area (TPSA) is 61.9 Å². The lowest BCUT2D eigenvalue weighted by atomic mass is 10.0. The van der Waals surface area contributed by atoms with E-state index in [1.54, 1.807) is 12.1 Å². The number of anilines is 2. The van der Waals surface area contributed by atoms with Gasteiger partial charge in [0.1, 0.15) is 5.57 Å². The highest BCUT2D eigenvalue weighted by atomic mass is 32.1. The Labute approximate surface area is 181 Å². The largest absolute Gasteiger partial charge is 0.378 e. The molecule has 0 saturated carbocycles. The number of rotatable bonds is 3. The van der Waals surface area contributed by atoms with Crippen LogP contribution in [0.5, 0.6) is 0 Å². The molecule has 2 aromatic carbocycles. The molecule has 4 rings (SSSR count). The number of benzene rings is 2. The fourth-order valence-electron chi connectivity index (χ4n) is 3.65. The zero-order valence-corrected chi connectivity index (χ0v) is 17.8. The lowest BCUT2D eigenvalue weighted by molar-refractivity contribution is -0.122. The van der Waals surface area contributed by atoms with Crippen LogP contribution in [0.1, 0.15) is 16.7 Å². The maximum absolute atomic E-state index is 13.2. The lowest BCUT2D eigenvalue weighted by Gasteiger charge is -2.30. The molecular weight excluding hydrogens is 398 g/mol. The fourth-order valence-corrected chi connectivity index (χ4v) is 3.94. The number of thiocarbonyl (C=S) groups is 1. The Hall–Kier alpha value is -3.03. The summed E-state index contributed by atoms with van der Waals surface area (Å²) >= 11 is 5.27. The van der Waals surface area contributed by atoms with Crippen LogP contribution in [0.25, 0.3) is 6.08 Å². The average Bonchev–Trinajstić information content (AvgIpc) is 2.72. The maximum Gasteiger partial charge on any atom is 0.270 e. The summed E-state index contributed by atoms with van der Waals surface area (Å²) in [5.41, 5.74) is 4.62. The number of aryl methyl sites for hydroxylation is 2. The van der Waals surface area contributed by atoms with Crippen molar-refractivity contribution in [3.63, 3.8) is 0 Å². The highest BCUT2D eigenvalue weighted by molar-refractivity contribution is 7.80. The summed E-state index contributed by atoms with van der Waals surface area (Å²) in [6.07, 6.45) is 1.64. The minimum absolute atomic E-state index is 0.0623. The molecule has 2 aliphatic rings. The number of carbonyl (C=O) groups is 2. The Morgan fingerprint density at radius 3 is 2.50 bits per heavy atom. The van der Waals surface area contributed by atoms with E-state index in [1.807, 2.05) is 44.2 Å². The number of ether oxygens (including phenoxy) is 1. The molecule has 0 unspecified atom stereocenters. The van der Waals surface area contributed by atoms with Crippen molar-refractivity contribution in [3.05, 3.63) is 64.7 Å². The number of nitrogens with one attached hydrogen (secondary N) is 1. The van der Waals surface area contributed by atoms with Gasteiger partial charge >= 0.3 is 0 Å². The number of carbonyl (C=O) groups excluding carboxylic acids is 2. The molecule has 0 atom stereocenters. The van der Waals surface area contributed by atoms with Gasteiger partial charge in [-0.2, -0.15) is 0 Å². The van der Waals surface area contributed by atoms with Gasteiger partial charge in [-0.15, -0.1) is 0 Å². The van der Waals surface area contributed by atoms with Gasteiger partial charge in [-0.05, 0) is 73.1 Å². The molecule has 7 heteroatoms. The summed E-state index contributed by atoms with van der Waals surface area (Å²) in [6.45, 7) is 7.05. The van der Waals surface area contributed by atoms with Gasteiger partial charge in [-0.1, -0.05) is 18.2 Å². The van der Waals surface area contributed by atoms with Crippen molar-refractivity contribution in [1.82, 2.24) is 5.32 Å². The first-order valence-electron chi connectivity index (χ1n) is 9.85. The van der Waals surface area contributed by atoms with E-state index in [2.05, 4.69) is 16.3 Å². The lowest BCUT2D eigenvalue weighted by Crippen LogP contribution is -2.54. The molecule has 0 bridgehead atoms. The van der Waals surface area contributed by atoms with Gasteiger partial charge in [-0.25, -0.2) is 0 Å². The monoisotopic (exact) mass is 421 g/mol. The maximum atomic E-state index is 13.2. The van der Waals surface area contributed by atoms with Crippen molar-refractivity contribution in [2.24, 2.45) is 0 Å². The van der Waals surface area contributed by atoms with E-state index in [0.29, 0.717) is 18.9 Å². The standard InChI is InChI=1S/C23H23N3O3S/c1-15-4-3-5-19(12-15)26-22(28)20(21(27)24-23(26)30)14-17-6-7-18(13-16(17)2)25-8-10-29-11-9-25/h3-7,12-14H,8-11H2,1-2H3,(H,24,27,30). The summed E-state index contributed by atoms with van der Waals surface area (Å²) < 4.78 is 5.41. The van der Waals surface area contributed by atoms with Crippen molar-refractivity contribution < 1.29 is 14.3 Å². The Kier molecular flexibility index (Phi) is 5.65. The van der Waals surface area contributed by atoms with E-state index in [9.17, 15) is 9.59 Å². The molecule has 2 fully saturated rings. The van der Waals surface area contributed by atoms with Crippen LogP contribution in [0, 0.1) is 13.8 Å².